The lowest BCUT2D eigenvalue weighted by atomic mass is 10.1. The molecule has 2 unspecified atom stereocenters. The Labute approximate surface area is 96.7 Å². The van der Waals surface area contributed by atoms with Crippen molar-refractivity contribution in [2.45, 2.75) is 45.5 Å². The minimum atomic E-state index is -0.499. The van der Waals surface area contributed by atoms with Crippen molar-refractivity contribution >= 4 is 0 Å². The number of aliphatic hydroxyl groups is 2. The van der Waals surface area contributed by atoms with Gasteiger partial charge in [0.15, 0.2) is 0 Å². The van der Waals surface area contributed by atoms with E-state index in [0.717, 1.165) is 5.56 Å². The number of aliphatic hydroxyl groups excluding tert-OH is 2. The molecular weight excluding hydrogens is 204 g/mol. The van der Waals surface area contributed by atoms with Gasteiger partial charge in [-0.2, -0.15) is 0 Å². The van der Waals surface area contributed by atoms with Gasteiger partial charge in [-0.15, -0.1) is 0 Å². The van der Waals surface area contributed by atoms with Gasteiger partial charge in [0.2, 0.25) is 0 Å². The van der Waals surface area contributed by atoms with E-state index in [0.29, 0.717) is 12.2 Å². The third kappa shape index (κ3) is 3.51. The number of hydrogen-bond donors (Lipinski definition) is 2. The summed E-state index contributed by atoms with van der Waals surface area (Å²) >= 11 is 0. The molecule has 0 spiro atoms. The largest absolute Gasteiger partial charge is 0.488 e. The van der Waals surface area contributed by atoms with Crippen molar-refractivity contribution in [2.75, 3.05) is 0 Å². The second kappa shape index (κ2) is 5.87. The first-order valence-electron chi connectivity index (χ1n) is 5.67. The highest BCUT2D eigenvalue weighted by molar-refractivity contribution is 5.28. The minimum absolute atomic E-state index is 0.234. The van der Waals surface area contributed by atoms with E-state index in [1.165, 1.54) is 0 Å². The fourth-order valence-electron chi connectivity index (χ4n) is 1.32. The molecule has 0 amide bonds. The molecule has 90 valence electrons. The van der Waals surface area contributed by atoms with Crippen LogP contribution >= 0.6 is 0 Å². The van der Waals surface area contributed by atoms with E-state index >= 15 is 0 Å². The molecule has 1 aromatic carbocycles. The summed E-state index contributed by atoms with van der Waals surface area (Å²) in [5.74, 6) is 0.709. The summed E-state index contributed by atoms with van der Waals surface area (Å²) < 4.78 is 5.51. The molecule has 3 nitrogen and oxygen atoms in total. The summed E-state index contributed by atoms with van der Waals surface area (Å²) in [6.07, 6.45) is -0.448. The van der Waals surface area contributed by atoms with E-state index in [1.807, 2.05) is 38.1 Å². The van der Waals surface area contributed by atoms with Gasteiger partial charge in [0.25, 0.3) is 0 Å². The fourth-order valence-corrected chi connectivity index (χ4v) is 1.32. The first-order chi connectivity index (χ1) is 7.54. The minimum Gasteiger partial charge on any atom is -0.488 e. The molecule has 1 rings (SSSR count). The molecule has 2 N–H and O–H groups in total. The third-order valence-corrected chi connectivity index (χ3v) is 2.65. The van der Waals surface area contributed by atoms with Gasteiger partial charge in [0.05, 0.1) is 12.2 Å². The van der Waals surface area contributed by atoms with Crippen LogP contribution in [0.5, 0.6) is 5.75 Å². The van der Waals surface area contributed by atoms with Crippen LogP contribution in [-0.2, 0) is 0 Å². The van der Waals surface area contributed by atoms with E-state index in [1.54, 1.807) is 6.92 Å². The monoisotopic (exact) mass is 224 g/mol. The molecule has 0 saturated heterocycles. The van der Waals surface area contributed by atoms with E-state index in [9.17, 15) is 10.2 Å². The van der Waals surface area contributed by atoms with Crippen molar-refractivity contribution in [2.24, 2.45) is 0 Å². The quantitative estimate of drug-likeness (QED) is 0.806. The van der Waals surface area contributed by atoms with Gasteiger partial charge in [-0.05, 0) is 38.0 Å². The van der Waals surface area contributed by atoms with Crippen LogP contribution in [0.25, 0.3) is 0 Å². The fraction of sp³-hybridized carbons (Fsp3) is 0.538. The summed E-state index contributed by atoms with van der Waals surface area (Å²) in [6, 6.07) is 7.32. The molecule has 16 heavy (non-hydrogen) atoms. The molecule has 0 aromatic heterocycles. The van der Waals surface area contributed by atoms with Gasteiger partial charge in [-0.3, -0.25) is 0 Å². The lowest BCUT2D eigenvalue weighted by molar-refractivity contribution is 0.0604. The van der Waals surface area contributed by atoms with E-state index in [2.05, 4.69) is 0 Å². The van der Waals surface area contributed by atoms with Crippen LogP contribution in [-0.4, -0.2) is 22.4 Å². The maximum absolute atomic E-state index is 9.61. The van der Waals surface area contributed by atoms with Crippen LogP contribution in [0, 0.1) is 0 Å². The van der Waals surface area contributed by atoms with Crippen molar-refractivity contribution in [3.63, 3.8) is 0 Å². The average Bonchev–Trinajstić information content (AvgIpc) is 2.28. The zero-order valence-electron chi connectivity index (χ0n) is 10.1. The molecule has 0 aliphatic rings. The number of ether oxygens (including phenoxy) is 1. The van der Waals surface area contributed by atoms with Gasteiger partial charge in [-0.25, -0.2) is 0 Å². The molecule has 0 radical (unpaired) electrons. The highest BCUT2D eigenvalue weighted by Gasteiger charge is 2.10. The average molecular weight is 224 g/mol. The van der Waals surface area contributed by atoms with Crippen LogP contribution in [0.2, 0.25) is 0 Å². The zero-order valence-corrected chi connectivity index (χ0v) is 10.1. The van der Waals surface area contributed by atoms with Gasteiger partial charge in [-0.1, -0.05) is 19.1 Å². The first-order valence-corrected chi connectivity index (χ1v) is 5.67. The molecule has 0 saturated carbocycles. The molecule has 3 atom stereocenters. The van der Waals surface area contributed by atoms with Crippen LogP contribution in [0.1, 0.15) is 38.9 Å². The summed E-state index contributed by atoms with van der Waals surface area (Å²) in [7, 11) is 0. The maximum atomic E-state index is 9.61. The van der Waals surface area contributed by atoms with E-state index < -0.39 is 12.2 Å². The van der Waals surface area contributed by atoms with Gasteiger partial charge < -0.3 is 14.9 Å². The SMILES string of the molecule is CC[C@H](O)c1ccc(OC(C)C(C)O)cc1. The lowest BCUT2D eigenvalue weighted by Gasteiger charge is -2.17. The van der Waals surface area contributed by atoms with Crippen LogP contribution in [0.4, 0.5) is 0 Å². The number of rotatable bonds is 5. The van der Waals surface area contributed by atoms with Gasteiger partial charge in [0, 0.05) is 0 Å². The molecule has 0 bridgehead atoms. The smallest absolute Gasteiger partial charge is 0.121 e. The second-order valence-electron chi connectivity index (χ2n) is 4.06. The summed E-state index contributed by atoms with van der Waals surface area (Å²) in [5, 5.41) is 18.9. The summed E-state index contributed by atoms with van der Waals surface area (Å²) in [4.78, 5) is 0. The highest BCUT2D eigenvalue weighted by Crippen LogP contribution is 2.20. The van der Waals surface area contributed by atoms with Crippen molar-refractivity contribution < 1.29 is 14.9 Å². The van der Waals surface area contributed by atoms with E-state index in [-0.39, 0.29) is 6.10 Å². The van der Waals surface area contributed by atoms with Crippen molar-refractivity contribution in [3.8, 4) is 5.75 Å². The molecular formula is C13H20O3. The summed E-state index contributed by atoms with van der Waals surface area (Å²) in [5.41, 5.74) is 0.888. The van der Waals surface area contributed by atoms with Crippen LogP contribution in [0.3, 0.4) is 0 Å². The Morgan fingerprint density at radius 1 is 1.12 bits per heavy atom. The Bertz CT molecular complexity index is 305. The van der Waals surface area contributed by atoms with Gasteiger partial charge in [0.1, 0.15) is 11.9 Å². The molecule has 0 heterocycles. The predicted octanol–water partition coefficient (Wildman–Crippen LogP) is 2.28. The van der Waals surface area contributed by atoms with Gasteiger partial charge >= 0.3 is 0 Å². The molecule has 3 heteroatoms. The zero-order chi connectivity index (χ0) is 12.1. The molecule has 1 aromatic rings. The Hall–Kier alpha value is -1.06. The normalized spacial score (nSPS) is 16.6. The van der Waals surface area contributed by atoms with Crippen molar-refractivity contribution in [1.29, 1.82) is 0 Å². The number of hydrogen-bond acceptors (Lipinski definition) is 3. The number of benzene rings is 1. The maximum Gasteiger partial charge on any atom is 0.121 e. The lowest BCUT2D eigenvalue weighted by Crippen LogP contribution is -2.25. The standard InChI is InChI=1S/C13H20O3/c1-4-13(15)11-5-7-12(8-6-11)16-10(3)9(2)14/h5-10,13-15H,4H2,1-3H3/t9?,10?,13-/m0/s1. The third-order valence-electron chi connectivity index (χ3n) is 2.65. The van der Waals surface area contributed by atoms with Crippen LogP contribution < -0.4 is 4.74 Å². The van der Waals surface area contributed by atoms with E-state index in [4.69, 9.17) is 4.74 Å². The molecule has 0 fully saturated rings. The predicted molar refractivity (Wildman–Crippen MR) is 63.5 cm³/mol. The Kier molecular flexibility index (Phi) is 4.77. The second-order valence-corrected chi connectivity index (χ2v) is 4.06. The Morgan fingerprint density at radius 3 is 2.12 bits per heavy atom. The highest BCUT2D eigenvalue weighted by atomic mass is 16.5. The summed E-state index contributed by atoms with van der Waals surface area (Å²) in [6.45, 7) is 5.45. The molecule has 0 aliphatic carbocycles. The first kappa shape index (κ1) is 13.0. The van der Waals surface area contributed by atoms with Crippen LogP contribution in [0.15, 0.2) is 24.3 Å². The van der Waals surface area contributed by atoms with Crippen molar-refractivity contribution in [1.82, 2.24) is 0 Å². The van der Waals surface area contributed by atoms with Crippen molar-refractivity contribution in [3.05, 3.63) is 29.8 Å². The Morgan fingerprint density at radius 2 is 1.69 bits per heavy atom. The Balaban J connectivity index is 2.64. The topological polar surface area (TPSA) is 49.7 Å². The molecule has 0 aliphatic heterocycles.